The fourth-order valence-corrected chi connectivity index (χ4v) is 1.49. The minimum absolute atomic E-state index is 0.400. The first-order chi connectivity index (χ1) is 5.86. The summed E-state index contributed by atoms with van der Waals surface area (Å²) in [6, 6.07) is 1.80. The maximum absolute atomic E-state index is 5.42. The summed E-state index contributed by atoms with van der Waals surface area (Å²) in [4.78, 5) is 0. The average Bonchev–Trinajstić information content (AvgIpc) is 2.54. The van der Waals surface area contributed by atoms with Gasteiger partial charge in [-0.05, 0) is 12.8 Å². The van der Waals surface area contributed by atoms with Gasteiger partial charge in [-0.25, -0.2) is 0 Å². The van der Waals surface area contributed by atoms with Crippen LogP contribution in [-0.4, -0.2) is 18.4 Å². The Hall–Kier alpha value is -1.03. The van der Waals surface area contributed by atoms with Gasteiger partial charge in [-0.3, -0.25) is 0 Å². The lowest BCUT2D eigenvalue weighted by Gasteiger charge is -2.19. The number of aromatic nitrogens is 1. The predicted molar refractivity (Wildman–Crippen MR) is 43.7 cm³/mol. The van der Waals surface area contributed by atoms with Crippen LogP contribution in [0, 0.1) is 0 Å². The van der Waals surface area contributed by atoms with E-state index in [1.54, 1.807) is 6.07 Å². The summed E-state index contributed by atoms with van der Waals surface area (Å²) >= 11 is 0. The van der Waals surface area contributed by atoms with Crippen molar-refractivity contribution in [2.24, 2.45) is 0 Å². The molecule has 0 radical (unpaired) electrons. The maximum Gasteiger partial charge on any atom is 0.222 e. The zero-order valence-corrected chi connectivity index (χ0v) is 6.82. The zero-order chi connectivity index (χ0) is 8.39. The molecule has 0 unspecified atom stereocenters. The first-order valence-corrected chi connectivity index (χ1v) is 4.16. The Balaban J connectivity index is 2.08. The number of rotatable bonds is 1. The zero-order valence-electron chi connectivity index (χ0n) is 6.82. The predicted octanol–water partition coefficient (Wildman–Crippen LogP) is 1.15. The Kier molecular flexibility index (Phi) is 1.99. The summed E-state index contributed by atoms with van der Waals surface area (Å²) in [5.41, 5.74) is 6.39. The highest BCUT2D eigenvalue weighted by Crippen LogP contribution is 2.26. The Labute approximate surface area is 70.7 Å². The summed E-state index contributed by atoms with van der Waals surface area (Å²) in [6.07, 6.45) is 2.04. The molecule has 2 rings (SSSR count). The minimum atomic E-state index is 0.400. The molecule has 4 nitrogen and oxygen atoms in total. The van der Waals surface area contributed by atoms with Crippen molar-refractivity contribution in [3.8, 4) is 0 Å². The van der Waals surface area contributed by atoms with Crippen LogP contribution >= 0.6 is 0 Å². The Morgan fingerprint density at radius 2 is 2.17 bits per heavy atom. The average molecular weight is 168 g/mol. The highest BCUT2D eigenvalue weighted by molar-refractivity contribution is 5.26. The smallest absolute Gasteiger partial charge is 0.222 e. The normalized spacial score (nSPS) is 19.7. The molecule has 2 heterocycles. The molecule has 66 valence electrons. The van der Waals surface area contributed by atoms with Gasteiger partial charge in [0.15, 0.2) is 0 Å². The lowest BCUT2D eigenvalue weighted by Crippen LogP contribution is -2.14. The van der Waals surface area contributed by atoms with Crippen LogP contribution < -0.4 is 5.73 Å². The molecule has 1 aliphatic rings. The van der Waals surface area contributed by atoms with Crippen LogP contribution in [0.2, 0.25) is 0 Å². The van der Waals surface area contributed by atoms with Crippen molar-refractivity contribution >= 4 is 5.88 Å². The summed E-state index contributed by atoms with van der Waals surface area (Å²) in [6.45, 7) is 1.63. The summed E-state index contributed by atoms with van der Waals surface area (Å²) in [7, 11) is 0. The van der Waals surface area contributed by atoms with Crippen LogP contribution in [0.25, 0.3) is 0 Å². The molecule has 1 aliphatic heterocycles. The molecule has 0 saturated carbocycles. The third kappa shape index (κ3) is 1.43. The molecule has 2 N–H and O–H groups in total. The SMILES string of the molecule is Nc1cc(C2CCOCC2)no1. The monoisotopic (exact) mass is 168 g/mol. The molecular weight excluding hydrogens is 156 g/mol. The molecule has 12 heavy (non-hydrogen) atoms. The molecule has 1 fully saturated rings. The van der Waals surface area contributed by atoms with E-state index in [1.807, 2.05) is 0 Å². The van der Waals surface area contributed by atoms with E-state index < -0.39 is 0 Å². The van der Waals surface area contributed by atoms with Gasteiger partial charge in [0, 0.05) is 25.2 Å². The maximum atomic E-state index is 5.42. The summed E-state index contributed by atoms with van der Waals surface area (Å²) in [5, 5.41) is 3.88. The minimum Gasteiger partial charge on any atom is -0.381 e. The molecule has 0 aromatic carbocycles. The van der Waals surface area contributed by atoms with Crippen LogP contribution in [0.15, 0.2) is 10.6 Å². The van der Waals surface area contributed by atoms with Gasteiger partial charge in [-0.2, -0.15) is 0 Å². The van der Waals surface area contributed by atoms with E-state index in [4.69, 9.17) is 15.0 Å². The number of ether oxygens (including phenoxy) is 1. The molecule has 0 atom stereocenters. The van der Waals surface area contributed by atoms with Crippen molar-refractivity contribution in [1.29, 1.82) is 0 Å². The number of nitrogens with two attached hydrogens (primary N) is 1. The van der Waals surface area contributed by atoms with Crippen LogP contribution in [0.1, 0.15) is 24.5 Å². The Morgan fingerprint density at radius 3 is 2.75 bits per heavy atom. The Bertz CT molecular complexity index is 253. The van der Waals surface area contributed by atoms with E-state index in [-0.39, 0.29) is 0 Å². The van der Waals surface area contributed by atoms with Crippen molar-refractivity contribution in [3.05, 3.63) is 11.8 Å². The van der Waals surface area contributed by atoms with Crippen molar-refractivity contribution in [2.75, 3.05) is 18.9 Å². The number of hydrogen-bond acceptors (Lipinski definition) is 4. The van der Waals surface area contributed by atoms with Gasteiger partial charge in [-0.15, -0.1) is 0 Å². The fourth-order valence-electron chi connectivity index (χ4n) is 1.49. The largest absolute Gasteiger partial charge is 0.381 e. The lowest BCUT2D eigenvalue weighted by atomic mass is 9.97. The van der Waals surface area contributed by atoms with Gasteiger partial charge in [0.05, 0.1) is 5.69 Å². The fraction of sp³-hybridized carbons (Fsp3) is 0.625. The van der Waals surface area contributed by atoms with E-state index in [0.717, 1.165) is 31.7 Å². The van der Waals surface area contributed by atoms with Gasteiger partial charge < -0.3 is 15.0 Å². The number of hydrogen-bond donors (Lipinski definition) is 1. The number of nitrogens with zero attached hydrogens (tertiary/aromatic N) is 1. The first-order valence-electron chi connectivity index (χ1n) is 4.16. The molecule has 1 aromatic rings. The molecule has 4 heteroatoms. The molecule has 0 spiro atoms. The third-order valence-corrected chi connectivity index (χ3v) is 2.19. The van der Waals surface area contributed by atoms with Gasteiger partial charge in [0.2, 0.25) is 5.88 Å². The molecule has 1 aromatic heterocycles. The first kappa shape index (κ1) is 7.61. The van der Waals surface area contributed by atoms with Gasteiger partial charge in [0.1, 0.15) is 0 Å². The second-order valence-corrected chi connectivity index (χ2v) is 3.04. The molecule has 0 aliphatic carbocycles. The van der Waals surface area contributed by atoms with Crippen LogP contribution in [0.4, 0.5) is 5.88 Å². The second-order valence-electron chi connectivity index (χ2n) is 3.04. The standard InChI is InChI=1S/C8H12N2O2/c9-8-5-7(10-12-8)6-1-3-11-4-2-6/h5-6H,1-4,9H2. The van der Waals surface area contributed by atoms with E-state index in [0.29, 0.717) is 11.8 Å². The molecule has 0 amide bonds. The van der Waals surface area contributed by atoms with Crippen molar-refractivity contribution in [1.82, 2.24) is 5.16 Å². The van der Waals surface area contributed by atoms with Gasteiger partial charge >= 0.3 is 0 Å². The van der Waals surface area contributed by atoms with E-state index in [9.17, 15) is 0 Å². The molecule has 0 bridgehead atoms. The topological polar surface area (TPSA) is 61.3 Å². The number of anilines is 1. The summed E-state index contributed by atoms with van der Waals surface area (Å²) in [5.74, 6) is 0.872. The van der Waals surface area contributed by atoms with Crippen LogP contribution in [-0.2, 0) is 4.74 Å². The van der Waals surface area contributed by atoms with Gasteiger partial charge in [0.25, 0.3) is 0 Å². The van der Waals surface area contributed by atoms with Crippen LogP contribution in [0.5, 0.6) is 0 Å². The Morgan fingerprint density at radius 1 is 1.42 bits per heavy atom. The van der Waals surface area contributed by atoms with E-state index >= 15 is 0 Å². The van der Waals surface area contributed by atoms with E-state index in [2.05, 4.69) is 5.16 Å². The van der Waals surface area contributed by atoms with Gasteiger partial charge in [-0.1, -0.05) is 5.16 Å². The quantitative estimate of drug-likeness (QED) is 0.683. The molecular formula is C8H12N2O2. The number of nitrogen functional groups attached to an aromatic ring is 1. The summed E-state index contributed by atoms with van der Waals surface area (Å²) < 4.78 is 10.0. The van der Waals surface area contributed by atoms with Crippen molar-refractivity contribution < 1.29 is 9.26 Å². The highest BCUT2D eigenvalue weighted by Gasteiger charge is 2.18. The third-order valence-electron chi connectivity index (χ3n) is 2.19. The van der Waals surface area contributed by atoms with Crippen molar-refractivity contribution in [2.45, 2.75) is 18.8 Å². The lowest BCUT2D eigenvalue weighted by molar-refractivity contribution is 0.0838. The van der Waals surface area contributed by atoms with E-state index in [1.165, 1.54) is 0 Å². The van der Waals surface area contributed by atoms with Crippen LogP contribution in [0.3, 0.4) is 0 Å². The second kappa shape index (κ2) is 3.15. The van der Waals surface area contributed by atoms with Crippen molar-refractivity contribution in [3.63, 3.8) is 0 Å². The molecule has 1 saturated heterocycles. The highest BCUT2D eigenvalue weighted by atomic mass is 16.5.